The molecular weight excluding hydrogens is 278 g/mol. The Morgan fingerprint density at radius 1 is 1.45 bits per heavy atom. The average molecular weight is 301 g/mol. The van der Waals surface area contributed by atoms with Crippen molar-refractivity contribution in [2.75, 3.05) is 19.7 Å². The largest absolute Gasteiger partial charge is 0.490 e. The molecule has 1 amide bonds. The van der Waals surface area contributed by atoms with Crippen LogP contribution in [0.2, 0.25) is 0 Å². The first-order valence-corrected chi connectivity index (χ1v) is 7.96. The predicted molar refractivity (Wildman–Crippen MR) is 85.1 cm³/mol. The number of carbonyl (C=O) groups is 1. The van der Waals surface area contributed by atoms with E-state index in [1.165, 1.54) is 0 Å². The smallest absolute Gasteiger partial charge is 0.253 e. The van der Waals surface area contributed by atoms with Crippen molar-refractivity contribution < 1.29 is 14.3 Å². The lowest BCUT2D eigenvalue weighted by molar-refractivity contribution is 0.00865. The molecule has 0 unspecified atom stereocenters. The minimum Gasteiger partial charge on any atom is -0.490 e. The van der Waals surface area contributed by atoms with Crippen molar-refractivity contribution in [1.29, 1.82) is 0 Å². The van der Waals surface area contributed by atoms with E-state index >= 15 is 0 Å². The van der Waals surface area contributed by atoms with Crippen LogP contribution >= 0.6 is 0 Å². The quantitative estimate of drug-likeness (QED) is 0.803. The maximum atomic E-state index is 12.6. The van der Waals surface area contributed by atoms with Gasteiger partial charge in [-0.3, -0.25) is 4.79 Å². The first-order valence-electron chi connectivity index (χ1n) is 7.96. The number of fused-ring (bicyclic) bond motifs is 1. The Morgan fingerprint density at radius 2 is 2.23 bits per heavy atom. The summed E-state index contributed by atoms with van der Waals surface area (Å²) in [5.41, 5.74) is 0.719. The topological polar surface area (TPSA) is 38.8 Å². The lowest BCUT2D eigenvalue weighted by Crippen LogP contribution is -2.44. The Bertz CT molecular complexity index is 540. The van der Waals surface area contributed by atoms with Crippen LogP contribution in [-0.2, 0) is 4.74 Å². The number of nitrogens with zero attached hydrogens (tertiary/aromatic N) is 1. The van der Waals surface area contributed by atoms with Gasteiger partial charge in [-0.25, -0.2) is 0 Å². The third-order valence-electron chi connectivity index (χ3n) is 4.46. The molecule has 4 nitrogen and oxygen atoms in total. The van der Waals surface area contributed by atoms with E-state index in [2.05, 4.69) is 13.5 Å². The molecular formula is C18H23NO3. The molecule has 2 heterocycles. The number of ether oxygens (including phenoxy) is 2. The van der Waals surface area contributed by atoms with Gasteiger partial charge in [0.05, 0.1) is 12.2 Å². The van der Waals surface area contributed by atoms with Crippen LogP contribution in [0.5, 0.6) is 5.75 Å². The van der Waals surface area contributed by atoms with Crippen LogP contribution in [0.15, 0.2) is 36.9 Å². The maximum Gasteiger partial charge on any atom is 0.253 e. The van der Waals surface area contributed by atoms with Gasteiger partial charge in [0.25, 0.3) is 5.91 Å². The second-order valence-electron chi connectivity index (χ2n) is 6.14. The molecule has 0 radical (unpaired) electrons. The van der Waals surface area contributed by atoms with Gasteiger partial charge < -0.3 is 14.4 Å². The third kappa shape index (κ3) is 3.17. The van der Waals surface area contributed by atoms with Gasteiger partial charge in [-0.2, -0.15) is 0 Å². The van der Waals surface area contributed by atoms with E-state index < -0.39 is 0 Å². The fraction of sp³-hybridized carbons (Fsp3) is 0.500. The standard InChI is InChI=1S/C18H23NO3/c1-3-10-21-16-6-4-14(5-7-16)18(20)19-9-8-17-15(12-19)11-13(2)22-17/h3-7,13,15,17H,1,8-12H2,2H3/t13-,15-,17-/m0/s1. The maximum absolute atomic E-state index is 12.6. The molecule has 0 N–H and O–H groups in total. The zero-order valence-corrected chi connectivity index (χ0v) is 13.0. The Labute approximate surface area is 131 Å². The van der Waals surface area contributed by atoms with E-state index in [1.807, 2.05) is 29.2 Å². The first-order chi connectivity index (χ1) is 10.7. The Kier molecular flexibility index (Phi) is 4.48. The third-order valence-corrected chi connectivity index (χ3v) is 4.46. The van der Waals surface area contributed by atoms with Crippen LogP contribution in [0.1, 0.15) is 30.1 Å². The summed E-state index contributed by atoms with van der Waals surface area (Å²) in [6.07, 6.45) is 4.37. The Balaban J connectivity index is 1.62. The summed E-state index contributed by atoms with van der Waals surface area (Å²) in [5, 5.41) is 0. The fourth-order valence-electron chi connectivity index (χ4n) is 3.41. The molecule has 2 saturated heterocycles. The van der Waals surface area contributed by atoms with Gasteiger partial charge in [-0.05, 0) is 44.0 Å². The molecule has 1 aromatic carbocycles. The lowest BCUT2D eigenvalue weighted by atomic mass is 9.92. The molecule has 2 aliphatic rings. The van der Waals surface area contributed by atoms with E-state index in [-0.39, 0.29) is 5.91 Å². The van der Waals surface area contributed by atoms with Gasteiger partial charge in [0.2, 0.25) is 0 Å². The number of benzene rings is 1. The molecule has 22 heavy (non-hydrogen) atoms. The molecule has 0 bridgehead atoms. The monoisotopic (exact) mass is 301 g/mol. The number of amides is 1. The molecule has 1 aromatic rings. The zero-order chi connectivity index (χ0) is 15.5. The van der Waals surface area contributed by atoms with Crippen LogP contribution < -0.4 is 4.74 Å². The number of hydrogen-bond donors (Lipinski definition) is 0. The Hall–Kier alpha value is -1.81. The van der Waals surface area contributed by atoms with Gasteiger partial charge in [-0.1, -0.05) is 12.7 Å². The SMILES string of the molecule is C=CCOc1ccc(C(=O)N2CC[C@@H]3O[C@@H](C)C[C@H]3C2)cc1. The van der Waals surface area contributed by atoms with E-state index in [4.69, 9.17) is 9.47 Å². The molecule has 3 rings (SSSR count). The van der Waals surface area contributed by atoms with Gasteiger partial charge in [-0.15, -0.1) is 0 Å². The minimum atomic E-state index is 0.105. The molecule has 0 aromatic heterocycles. The molecule has 2 fully saturated rings. The van der Waals surface area contributed by atoms with Crippen LogP contribution in [0, 0.1) is 5.92 Å². The summed E-state index contributed by atoms with van der Waals surface area (Å²) >= 11 is 0. The summed E-state index contributed by atoms with van der Waals surface area (Å²) in [6, 6.07) is 7.34. The van der Waals surface area contributed by atoms with Crippen molar-refractivity contribution in [3.8, 4) is 5.75 Å². The van der Waals surface area contributed by atoms with E-state index in [9.17, 15) is 4.79 Å². The zero-order valence-electron chi connectivity index (χ0n) is 13.0. The highest BCUT2D eigenvalue weighted by molar-refractivity contribution is 5.94. The van der Waals surface area contributed by atoms with Crippen LogP contribution in [0.3, 0.4) is 0 Å². The molecule has 0 spiro atoms. The van der Waals surface area contributed by atoms with Gasteiger partial charge in [0.15, 0.2) is 0 Å². The molecule has 4 heteroatoms. The van der Waals surface area contributed by atoms with Crippen molar-refractivity contribution in [3.63, 3.8) is 0 Å². The number of hydrogen-bond acceptors (Lipinski definition) is 3. The van der Waals surface area contributed by atoms with E-state index in [1.54, 1.807) is 6.08 Å². The number of piperidine rings is 1. The highest BCUT2D eigenvalue weighted by atomic mass is 16.5. The first kappa shape index (κ1) is 15.1. The van der Waals surface area contributed by atoms with Crippen molar-refractivity contribution in [3.05, 3.63) is 42.5 Å². The van der Waals surface area contributed by atoms with Crippen molar-refractivity contribution in [1.82, 2.24) is 4.90 Å². The highest BCUT2D eigenvalue weighted by Gasteiger charge is 2.38. The molecule has 0 aliphatic carbocycles. The lowest BCUT2D eigenvalue weighted by Gasteiger charge is -2.34. The van der Waals surface area contributed by atoms with Gasteiger partial charge >= 0.3 is 0 Å². The second-order valence-corrected chi connectivity index (χ2v) is 6.14. The Morgan fingerprint density at radius 3 is 2.95 bits per heavy atom. The summed E-state index contributed by atoms with van der Waals surface area (Å²) < 4.78 is 11.3. The molecule has 2 aliphatic heterocycles. The molecule has 0 saturated carbocycles. The van der Waals surface area contributed by atoms with E-state index in [0.29, 0.717) is 24.7 Å². The van der Waals surface area contributed by atoms with Crippen LogP contribution in [0.4, 0.5) is 0 Å². The second kappa shape index (κ2) is 6.53. The summed E-state index contributed by atoms with van der Waals surface area (Å²) in [4.78, 5) is 14.6. The molecule has 118 valence electrons. The number of carbonyl (C=O) groups excluding carboxylic acids is 1. The fourth-order valence-corrected chi connectivity index (χ4v) is 3.41. The van der Waals surface area contributed by atoms with Crippen molar-refractivity contribution in [2.45, 2.75) is 32.0 Å². The summed E-state index contributed by atoms with van der Waals surface area (Å²) in [5.74, 6) is 1.35. The summed E-state index contributed by atoms with van der Waals surface area (Å²) in [7, 11) is 0. The molecule has 3 atom stereocenters. The van der Waals surface area contributed by atoms with E-state index in [0.717, 1.165) is 37.2 Å². The average Bonchev–Trinajstić information content (AvgIpc) is 2.91. The van der Waals surface area contributed by atoms with Gasteiger partial charge in [0, 0.05) is 24.6 Å². The van der Waals surface area contributed by atoms with Crippen molar-refractivity contribution in [2.24, 2.45) is 5.92 Å². The van der Waals surface area contributed by atoms with Gasteiger partial charge in [0.1, 0.15) is 12.4 Å². The van der Waals surface area contributed by atoms with Crippen molar-refractivity contribution >= 4 is 5.91 Å². The highest BCUT2D eigenvalue weighted by Crippen LogP contribution is 2.33. The minimum absolute atomic E-state index is 0.105. The predicted octanol–water partition coefficient (Wildman–Crippen LogP) is 2.89. The summed E-state index contributed by atoms with van der Waals surface area (Å²) in [6.45, 7) is 7.80. The number of likely N-dealkylation sites (tertiary alicyclic amines) is 1. The van der Waals surface area contributed by atoms with Crippen LogP contribution in [0.25, 0.3) is 0 Å². The van der Waals surface area contributed by atoms with Crippen LogP contribution in [-0.4, -0.2) is 42.7 Å². The number of rotatable bonds is 4. The normalized spacial score (nSPS) is 27.3.